The molecule has 0 saturated carbocycles. The van der Waals surface area contributed by atoms with Gasteiger partial charge in [0.1, 0.15) is 0 Å². The zero-order valence-electron chi connectivity index (χ0n) is 18.8. The van der Waals surface area contributed by atoms with Gasteiger partial charge in [0.05, 0.1) is 17.6 Å². The molecule has 0 fully saturated rings. The number of allylic oxidation sites excluding steroid dienone is 2. The summed E-state index contributed by atoms with van der Waals surface area (Å²) in [7, 11) is 0. The highest BCUT2D eigenvalue weighted by atomic mass is 32.2. The number of amides is 1. The summed E-state index contributed by atoms with van der Waals surface area (Å²) >= 11 is 3.33. The summed E-state index contributed by atoms with van der Waals surface area (Å²) in [5.74, 6) is 0.107. The summed E-state index contributed by atoms with van der Waals surface area (Å²) in [5, 5.41) is 27.8. The van der Waals surface area contributed by atoms with Crippen LogP contribution in [0.3, 0.4) is 0 Å². The second kappa shape index (κ2) is 13.1. The Kier molecular flexibility index (Phi) is 10.8. The predicted molar refractivity (Wildman–Crippen MR) is 131 cm³/mol. The van der Waals surface area contributed by atoms with Crippen LogP contribution in [0.5, 0.6) is 0 Å². The summed E-state index contributed by atoms with van der Waals surface area (Å²) in [6.45, 7) is 8.13. The fourth-order valence-corrected chi connectivity index (χ4v) is 5.59. The van der Waals surface area contributed by atoms with E-state index in [4.69, 9.17) is 0 Å². The molecule has 5 nitrogen and oxygen atoms in total. The van der Waals surface area contributed by atoms with Crippen LogP contribution in [-0.2, 0) is 10.2 Å². The van der Waals surface area contributed by atoms with Crippen molar-refractivity contribution in [3.05, 3.63) is 44.9 Å². The topological polar surface area (TPSA) is 76.4 Å². The van der Waals surface area contributed by atoms with Gasteiger partial charge in [-0.2, -0.15) is 5.26 Å². The molecule has 2 atom stereocenters. The summed E-state index contributed by atoms with van der Waals surface area (Å²) < 4.78 is 0. The Balaban J connectivity index is 1.81. The molecule has 2 rings (SSSR count). The third kappa shape index (κ3) is 7.50. The van der Waals surface area contributed by atoms with Gasteiger partial charge in [0.15, 0.2) is 0 Å². The zero-order chi connectivity index (χ0) is 22.7. The van der Waals surface area contributed by atoms with E-state index >= 15 is 0 Å². The van der Waals surface area contributed by atoms with E-state index in [1.807, 2.05) is 38.3 Å². The van der Waals surface area contributed by atoms with E-state index < -0.39 is 11.5 Å². The van der Waals surface area contributed by atoms with Crippen molar-refractivity contribution in [3.8, 4) is 6.07 Å². The van der Waals surface area contributed by atoms with E-state index in [0.29, 0.717) is 32.5 Å². The van der Waals surface area contributed by atoms with Crippen molar-refractivity contribution < 1.29 is 9.90 Å². The van der Waals surface area contributed by atoms with Crippen LogP contribution in [0.2, 0.25) is 0 Å². The molecular formula is C24H35N3O2S2. The van der Waals surface area contributed by atoms with Gasteiger partial charge in [-0.05, 0) is 60.4 Å². The first kappa shape index (κ1) is 25.7. The molecule has 1 aliphatic rings. The maximum absolute atomic E-state index is 12.9. The molecule has 0 spiro atoms. The summed E-state index contributed by atoms with van der Waals surface area (Å²) in [4.78, 5) is 16.9. The maximum Gasteiger partial charge on any atom is 0.222 e. The Labute approximate surface area is 195 Å². The molecule has 1 amide bonds. The maximum atomic E-state index is 12.9. The van der Waals surface area contributed by atoms with E-state index in [-0.39, 0.29) is 11.8 Å². The number of nitriles is 1. The number of carbonyl (C=O) groups is 1. The van der Waals surface area contributed by atoms with Gasteiger partial charge in [0.2, 0.25) is 5.91 Å². The van der Waals surface area contributed by atoms with Crippen LogP contribution in [0.25, 0.3) is 0 Å². The monoisotopic (exact) mass is 461 g/mol. The van der Waals surface area contributed by atoms with Gasteiger partial charge in [0.25, 0.3) is 0 Å². The molecular weight excluding hydrogens is 426 g/mol. The number of thiophene rings is 1. The number of carbonyl (C=O) groups excluding carboxylic acids is 1. The van der Waals surface area contributed by atoms with Crippen LogP contribution in [0.4, 0.5) is 0 Å². The van der Waals surface area contributed by atoms with Gasteiger partial charge in [-0.1, -0.05) is 32.1 Å². The lowest BCUT2D eigenvalue weighted by Gasteiger charge is -2.31. The third-order valence-electron chi connectivity index (χ3n) is 5.77. The van der Waals surface area contributed by atoms with Gasteiger partial charge >= 0.3 is 0 Å². The van der Waals surface area contributed by atoms with Crippen molar-refractivity contribution in [2.24, 2.45) is 5.92 Å². The number of nitrogens with one attached hydrogen (secondary N) is 1. The Morgan fingerprint density at radius 2 is 2.26 bits per heavy atom. The van der Waals surface area contributed by atoms with Gasteiger partial charge in [-0.25, -0.2) is 0 Å². The van der Waals surface area contributed by atoms with Gasteiger partial charge in [0, 0.05) is 30.9 Å². The van der Waals surface area contributed by atoms with Crippen LogP contribution in [0.15, 0.2) is 40.0 Å². The first-order chi connectivity index (χ1) is 14.9. The van der Waals surface area contributed by atoms with Gasteiger partial charge < -0.3 is 15.3 Å². The molecule has 0 radical (unpaired) electrons. The summed E-state index contributed by atoms with van der Waals surface area (Å²) in [6.07, 6.45) is 6.50. The molecule has 2 unspecified atom stereocenters. The smallest absolute Gasteiger partial charge is 0.222 e. The highest BCUT2D eigenvalue weighted by molar-refractivity contribution is 8.05. The molecule has 170 valence electrons. The van der Waals surface area contributed by atoms with Gasteiger partial charge in [-0.15, -0.1) is 23.1 Å². The molecule has 0 aliphatic carbocycles. The van der Waals surface area contributed by atoms with E-state index in [1.165, 1.54) is 4.91 Å². The first-order valence-electron chi connectivity index (χ1n) is 11.1. The van der Waals surface area contributed by atoms with Crippen LogP contribution in [0.1, 0.15) is 51.3 Å². The average molecular weight is 462 g/mol. The molecule has 1 aliphatic heterocycles. The van der Waals surface area contributed by atoms with Crippen LogP contribution in [-0.4, -0.2) is 48.2 Å². The average Bonchev–Trinajstić information content (AvgIpc) is 3.31. The zero-order valence-corrected chi connectivity index (χ0v) is 20.5. The largest absolute Gasteiger partial charge is 0.390 e. The highest BCUT2D eigenvalue weighted by Crippen LogP contribution is 2.39. The van der Waals surface area contributed by atoms with Crippen LogP contribution < -0.4 is 5.32 Å². The summed E-state index contributed by atoms with van der Waals surface area (Å²) in [6, 6.07) is 6.45. The standard InChI is InChI=1S/C24H35N3O2S2/c1-4-27(17-20(28)16-26-13-11-21-8-5-6-14-30-21)23(29)10-12-24(18-25,19(2)3)22-9-7-15-31-22/h6-9,14-15,19-20,26,28H,4-5,10-13,16-17H2,1-3H3. The summed E-state index contributed by atoms with van der Waals surface area (Å²) in [5.41, 5.74) is -0.648. The molecule has 31 heavy (non-hydrogen) atoms. The number of hydrogen-bond donors (Lipinski definition) is 2. The molecule has 2 N–H and O–H groups in total. The molecule has 1 aromatic rings. The van der Waals surface area contributed by atoms with Gasteiger partial charge in [-0.3, -0.25) is 4.79 Å². The fraction of sp³-hybridized carbons (Fsp3) is 0.583. The van der Waals surface area contributed by atoms with Crippen LogP contribution in [0, 0.1) is 17.2 Å². The van der Waals surface area contributed by atoms with Crippen molar-refractivity contribution >= 4 is 29.0 Å². The van der Waals surface area contributed by atoms with E-state index in [1.54, 1.807) is 28.0 Å². The number of hydrogen-bond acceptors (Lipinski definition) is 6. The number of thioether (sulfide) groups is 1. The molecule has 2 heterocycles. The lowest BCUT2D eigenvalue weighted by molar-refractivity contribution is -0.132. The van der Waals surface area contributed by atoms with Crippen molar-refractivity contribution in [2.45, 2.75) is 58.0 Å². The van der Waals surface area contributed by atoms with Crippen molar-refractivity contribution in [3.63, 3.8) is 0 Å². The fourth-order valence-electron chi connectivity index (χ4n) is 3.74. The highest BCUT2D eigenvalue weighted by Gasteiger charge is 2.37. The third-order valence-corrected chi connectivity index (χ3v) is 7.82. The first-order valence-corrected chi connectivity index (χ1v) is 12.8. The lowest BCUT2D eigenvalue weighted by atomic mass is 9.73. The number of nitrogens with zero attached hydrogens (tertiary/aromatic N) is 2. The van der Waals surface area contributed by atoms with Crippen molar-refractivity contribution in [1.29, 1.82) is 5.26 Å². The minimum Gasteiger partial charge on any atom is -0.390 e. The number of aliphatic hydroxyl groups excluding tert-OH is 1. The molecule has 0 saturated heterocycles. The number of aliphatic hydroxyl groups is 1. The van der Waals surface area contributed by atoms with Crippen LogP contribution >= 0.6 is 23.1 Å². The lowest BCUT2D eigenvalue weighted by Crippen LogP contribution is -2.42. The Morgan fingerprint density at radius 3 is 2.84 bits per heavy atom. The second-order valence-electron chi connectivity index (χ2n) is 8.15. The molecule has 0 bridgehead atoms. The molecule has 7 heteroatoms. The van der Waals surface area contributed by atoms with Crippen molar-refractivity contribution in [1.82, 2.24) is 10.2 Å². The quantitative estimate of drug-likeness (QED) is 0.418. The molecule has 0 aromatic carbocycles. The minimum absolute atomic E-state index is 0.00562. The van der Waals surface area contributed by atoms with E-state index in [9.17, 15) is 15.2 Å². The van der Waals surface area contributed by atoms with Crippen molar-refractivity contribution in [2.75, 3.05) is 26.2 Å². The number of rotatable bonds is 13. The Morgan fingerprint density at radius 1 is 1.45 bits per heavy atom. The number of likely N-dealkylation sites (N-methyl/N-ethyl adjacent to an activating group) is 1. The SMILES string of the molecule is CCN(CC(O)CNCCC1=CCC=CS1)C(=O)CCC(C#N)(c1cccs1)C(C)C. The van der Waals surface area contributed by atoms with E-state index in [2.05, 4.69) is 28.9 Å². The molecule has 1 aromatic heterocycles. The normalized spacial score (nSPS) is 16.5. The minimum atomic E-state index is -0.648. The van der Waals surface area contributed by atoms with E-state index in [0.717, 1.165) is 24.3 Å². The predicted octanol–water partition coefficient (Wildman–Crippen LogP) is 4.67. The second-order valence-corrected chi connectivity index (χ2v) is 10.1. The Hall–Kier alpha value is -1.59. The Bertz CT molecular complexity index is 783.